The van der Waals surface area contributed by atoms with Crippen LogP contribution in [-0.4, -0.2) is 47.4 Å². The molecule has 3 N–H and O–H groups in total. The lowest BCUT2D eigenvalue weighted by Gasteiger charge is -2.22. The summed E-state index contributed by atoms with van der Waals surface area (Å²) >= 11 is 0. The van der Waals surface area contributed by atoms with E-state index in [1.807, 2.05) is 0 Å². The molecule has 2 unspecified atom stereocenters. The van der Waals surface area contributed by atoms with Crippen molar-refractivity contribution in [1.82, 2.24) is 5.32 Å². The quantitative estimate of drug-likeness (QED) is 0.0320. The Bertz CT molecular complexity index is 1330. The van der Waals surface area contributed by atoms with Gasteiger partial charge in [0, 0.05) is 12.8 Å². The van der Waals surface area contributed by atoms with Gasteiger partial charge in [-0.05, 0) is 77.0 Å². The van der Waals surface area contributed by atoms with Crippen molar-refractivity contribution in [2.75, 3.05) is 13.2 Å². The summed E-state index contributed by atoms with van der Waals surface area (Å²) in [7, 11) is 0. The van der Waals surface area contributed by atoms with E-state index in [0.29, 0.717) is 25.9 Å². The highest BCUT2D eigenvalue weighted by Crippen LogP contribution is 2.20. The average Bonchev–Trinajstić information content (AvgIpc) is 3.51. The number of esters is 1. The van der Waals surface area contributed by atoms with Crippen molar-refractivity contribution in [2.45, 2.75) is 456 Å². The molecule has 0 aromatic rings. The van der Waals surface area contributed by atoms with Gasteiger partial charge >= 0.3 is 5.97 Å². The van der Waals surface area contributed by atoms with Crippen LogP contribution in [0.2, 0.25) is 0 Å². The Morgan fingerprint density at radius 1 is 0.318 bits per heavy atom. The minimum Gasteiger partial charge on any atom is -0.466 e. The van der Waals surface area contributed by atoms with Crippen molar-refractivity contribution in [3.05, 3.63) is 24.3 Å². The molecule has 0 aliphatic carbocycles. The first-order chi connectivity index (χ1) is 42.0. The number of aliphatic hydroxyl groups excluding tert-OH is 2. The number of aliphatic hydroxyl groups is 2. The Morgan fingerprint density at radius 3 is 0.835 bits per heavy atom. The minimum absolute atomic E-state index is 0.00954. The van der Waals surface area contributed by atoms with E-state index in [4.69, 9.17) is 4.74 Å². The fourth-order valence-electron chi connectivity index (χ4n) is 12.5. The Morgan fingerprint density at radius 2 is 0.553 bits per heavy atom. The largest absolute Gasteiger partial charge is 0.466 e. The molecular formula is C79H153NO5. The smallest absolute Gasteiger partial charge is 0.305 e. The van der Waals surface area contributed by atoms with Crippen LogP contribution in [0.1, 0.15) is 444 Å². The fraction of sp³-hybridized carbons (Fsp3) is 0.924. The van der Waals surface area contributed by atoms with Crippen LogP contribution in [0.4, 0.5) is 0 Å². The Kier molecular flexibility index (Phi) is 73.3. The molecular weight excluding hydrogens is 1040 g/mol. The van der Waals surface area contributed by atoms with Gasteiger partial charge in [-0.1, -0.05) is 378 Å². The maximum atomic E-state index is 12.6. The third kappa shape index (κ3) is 71.3. The summed E-state index contributed by atoms with van der Waals surface area (Å²) in [5.74, 6) is -0.0184. The van der Waals surface area contributed by atoms with Gasteiger partial charge in [-0.15, -0.1) is 0 Å². The summed E-state index contributed by atoms with van der Waals surface area (Å²) in [4.78, 5) is 24.6. The molecule has 6 nitrogen and oxygen atoms in total. The van der Waals surface area contributed by atoms with E-state index >= 15 is 0 Å². The third-order valence-corrected chi connectivity index (χ3v) is 18.5. The van der Waals surface area contributed by atoms with E-state index in [1.54, 1.807) is 0 Å². The van der Waals surface area contributed by atoms with E-state index in [9.17, 15) is 19.8 Å². The Labute approximate surface area is 532 Å². The lowest BCUT2D eigenvalue weighted by atomic mass is 10.0. The molecule has 0 aromatic heterocycles. The molecule has 0 rings (SSSR count). The van der Waals surface area contributed by atoms with Gasteiger partial charge in [0.15, 0.2) is 0 Å². The van der Waals surface area contributed by atoms with E-state index in [0.717, 1.165) is 44.9 Å². The predicted octanol–water partition coefficient (Wildman–Crippen LogP) is 25.7. The van der Waals surface area contributed by atoms with E-state index in [2.05, 4.69) is 43.5 Å². The maximum absolute atomic E-state index is 12.6. The van der Waals surface area contributed by atoms with Crippen LogP contribution in [-0.2, 0) is 14.3 Å². The van der Waals surface area contributed by atoms with Gasteiger partial charge < -0.3 is 20.3 Å². The minimum atomic E-state index is -0.665. The van der Waals surface area contributed by atoms with Crippen molar-refractivity contribution < 1.29 is 24.5 Å². The number of rotatable bonds is 74. The molecule has 0 saturated heterocycles. The molecule has 0 aliphatic heterocycles. The van der Waals surface area contributed by atoms with Gasteiger partial charge in [0.1, 0.15) is 0 Å². The van der Waals surface area contributed by atoms with Crippen molar-refractivity contribution in [3.63, 3.8) is 0 Å². The van der Waals surface area contributed by atoms with E-state index in [-0.39, 0.29) is 18.5 Å². The molecule has 6 heteroatoms. The second-order valence-electron chi connectivity index (χ2n) is 27.0. The Hall–Kier alpha value is -1.66. The number of amides is 1. The summed E-state index contributed by atoms with van der Waals surface area (Å²) < 4.78 is 5.49. The molecule has 0 aliphatic rings. The fourth-order valence-corrected chi connectivity index (χ4v) is 12.5. The van der Waals surface area contributed by atoms with E-state index in [1.165, 1.54) is 366 Å². The number of nitrogens with one attached hydrogen (secondary N) is 1. The van der Waals surface area contributed by atoms with Crippen LogP contribution in [0.15, 0.2) is 24.3 Å². The van der Waals surface area contributed by atoms with Crippen LogP contribution in [0.25, 0.3) is 0 Å². The number of unbranched alkanes of at least 4 members (excludes halogenated alkanes) is 59. The zero-order chi connectivity index (χ0) is 61.3. The molecule has 1 amide bonds. The first-order valence-electron chi connectivity index (χ1n) is 39.1. The summed E-state index contributed by atoms with van der Waals surface area (Å²) in [5, 5.41) is 23.5. The van der Waals surface area contributed by atoms with Gasteiger partial charge in [-0.3, -0.25) is 9.59 Å². The van der Waals surface area contributed by atoms with Crippen LogP contribution in [0.5, 0.6) is 0 Å². The van der Waals surface area contributed by atoms with Crippen molar-refractivity contribution in [3.8, 4) is 0 Å². The highest BCUT2D eigenvalue weighted by atomic mass is 16.5. The number of carbonyl (C=O) groups excluding carboxylic acids is 2. The zero-order valence-electron chi connectivity index (χ0n) is 57.9. The molecule has 0 radical (unpaired) electrons. The van der Waals surface area contributed by atoms with Crippen LogP contribution >= 0.6 is 0 Å². The summed E-state index contributed by atoms with van der Waals surface area (Å²) in [6.45, 7) is 4.99. The highest BCUT2D eigenvalue weighted by Gasteiger charge is 2.20. The number of hydrogen-bond acceptors (Lipinski definition) is 5. The van der Waals surface area contributed by atoms with Crippen molar-refractivity contribution >= 4 is 11.9 Å². The molecule has 85 heavy (non-hydrogen) atoms. The van der Waals surface area contributed by atoms with Gasteiger partial charge in [0.25, 0.3) is 0 Å². The van der Waals surface area contributed by atoms with Crippen LogP contribution in [0, 0.1) is 0 Å². The number of carbonyl (C=O) groups is 2. The first kappa shape index (κ1) is 83.3. The number of ether oxygens (including phenoxy) is 1. The Balaban J connectivity index is 3.37. The molecule has 0 aromatic carbocycles. The molecule has 0 fully saturated rings. The van der Waals surface area contributed by atoms with Crippen LogP contribution in [0.3, 0.4) is 0 Å². The van der Waals surface area contributed by atoms with Gasteiger partial charge in [0.2, 0.25) is 5.91 Å². The normalized spacial score (nSPS) is 12.6. The maximum Gasteiger partial charge on any atom is 0.305 e. The summed E-state index contributed by atoms with van der Waals surface area (Å²) in [5.41, 5.74) is 0. The predicted molar refractivity (Wildman–Crippen MR) is 375 cm³/mol. The topological polar surface area (TPSA) is 95.9 Å². The second kappa shape index (κ2) is 74.8. The second-order valence-corrected chi connectivity index (χ2v) is 27.0. The van der Waals surface area contributed by atoms with Crippen molar-refractivity contribution in [1.29, 1.82) is 0 Å². The van der Waals surface area contributed by atoms with Gasteiger partial charge in [-0.2, -0.15) is 0 Å². The zero-order valence-corrected chi connectivity index (χ0v) is 57.9. The van der Waals surface area contributed by atoms with E-state index < -0.39 is 12.1 Å². The molecule has 0 saturated carbocycles. The van der Waals surface area contributed by atoms with Crippen LogP contribution < -0.4 is 5.32 Å². The lowest BCUT2D eigenvalue weighted by Crippen LogP contribution is -2.45. The number of allylic oxidation sites excluding steroid dienone is 4. The molecule has 504 valence electrons. The molecule has 2 atom stereocenters. The van der Waals surface area contributed by atoms with Crippen molar-refractivity contribution in [2.24, 2.45) is 0 Å². The SMILES string of the molecule is CCCCCCC/C=C\CCCCCCCC(=O)OCCCCCCCCCCCCCC/C=C\CCCCCCCCCCCCCCCCC(=O)NC(CO)C(O)CCCCCCCCCCCCCCCCCCCCCCCCCC. The first-order valence-corrected chi connectivity index (χ1v) is 39.1. The molecule has 0 heterocycles. The highest BCUT2D eigenvalue weighted by molar-refractivity contribution is 5.76. The molecule has 0 bridgehead atoms. The standard InChI is InChI=1S/C79H153NO5/c1-3-5-7-9-11-13-15-17-19-20-21-22-23-32-35-38-41-44-47-51-55-59-63-67-71-77(82)76(75-81)80-78(83)72-68-64-60-56-52-48-45-42-39-36-33-30-28-26-24-25-27-29-31-34-37-40-43-46-50-54-58-62-66-70-74-85-79(84)73-69-65-61-57-53-49-18-16-14-12-10-8-6-4-2/h16,18,25,27,76-77,81-82H,3-15,17,19-24,26,28-75H2,1-2H3,(H,80,83)/b18-16-,27-25-. The number of hydrogen-bond donors (Lipinski definition) is 3. The lowest BCUT2D eigenvalue weighted by molar-refractivity contribution is -0.143. The monoisotopic (exact) mass is 1200 g/mol. The molecule has 0 spiro atoms. The third-order valence-electron chi connectivity index (χ3n) is 18.5. The van der Waals surface area contributed by atoms with Gasteiger partial charge in [-0.25, -0.2) is 0 Å². The summed E-state index contributed by atoms with van der Waals surface area (Å²) in [6, 6.07) is -0.542. The average molecular weight is 1200 g/mol. The van der Waals surface area contributed by atoms with Gasteiger partial charge in [0.05, 0.1) is 25.4 Å². The summed E-state index contributed by atoms with van der Waals surface area (Å²) in [6.07, 6.45) is 95.5.